The largest absolute Gasteiger partial charge is 0.490 e. The molecule has 0 spiro atoms. The second-order valence-corrected chi connectivity index (χ2v) is 12.9. The lowest BCUT2D eigenvalue weighted by Gasteiger charge is -2.21. The molecule has 24 heteroatoms. The Balaban J connectivity index is 1.88. The van der Waals surface area contributed by atoms with Gasteiger partial charge in [-0.1, -0.05) is 12.0 Å². The molecule has 1 saturated heterocycles. The maximum Gasteiger partial charge on any atom is 0.490 e. The summed E-state index contributed by atoms with van der Waals surface area (Å²) >= 11 is 0. The van der Waals surface area contributed by atoms with E-state index in [0.29, 0.717) is 0 Å². The highest BCUT2D eigenvalue weighted by Gasteiger charge is 2.44. The zero-order valence-corrected chi connectivity index (χ0v) is 24.1. The minimum atomic E-state index is -5.82. The number of aryl methyl sites for hydroxylation is 1. The third kappa shape index (κ3) is 8.99. The average Bonchev–Trinajstić information content (AvgIpc) is 3.25. The Hall–Kier alpha value is -3.02. The minimum absolute atomic E-state index is 0.0491. The van der Waals surface area contributed by atoms with Gasteiger partial charge < -0.3 is 29.0 Å². The molecular weight excluding hydrogens is 633 g/mol. The van der Waals surface area contributed by atoms with E-state index in [1.807, 2.05) is 0 Å². The molecule has 2 aromatic rings. The molecule has 0 amide bonds. The van der Waals surface area contributed by atoms with Crippen molar-refractivity contribution >= 4 is 29.4 Å². The first-order valence-electron chi connectivity index (χ1n) is 11.4. The Labute approximate surface area is 234 Å². The van der Waals surface area contributed by atoms with Crippen LogP contribution in [0.1, 0.15) is 47.2 Å². The summed E-state index contributed by atoms with van der Waals surface area (Å²) in [6, 6.07) is 1.82. The van der Waals surface area contributed by atoms with Crippen LogP contribution >= 0.6 is 23.5 Å². The lowest BCUT2D eigenvalue weighted by Crippen LogP contribution is -2.33. The number of ether oxygens (including phenoxy) is 2. The predicted molar refractivity (Wildman–Crippen MR) is 135 cm³/mol. The molecule has 5 N–H and O–H groups in total. The van der Waals surface area contributed by atoms with E-state index >= 15 is 0 Å². The molecule has 3 unspecified atom stereocenters. The van der Waals surface area contributed by atoms with Crippen LogP contribution in [0.25, 0.3) is 10.4 Å². The van der Waals surface area contributed by atoms with Crippen molar-refractivity contribution in [2.45, 2.75) is 44.7 Å². The van der Waals surface area contributed by atoms with Gasteiger partial charge in [0.15, 0.2) is 0 Å². The molecule has 1 aliphatic heterocycles. The molecule has 21 nitrogen and oxygen atoms in total. The van der Waals surface area contributed by atoms with Crippen LogP contribution in [0.2, 0.25) is 0 Å². The summed E-state index contributed by atoms with van der Waals surface area (Å²) in [4.78, 5) is 82.6. The van der Waals surface area contributed by atoms with Crippen LogP contribution in [0.3, 0.4) is 0 Å². The van der Waals surface area contributed by atoms with E-state index in [1.54, 1.807) is 0 Å². The molecule has 1 aliphatic rings. The average molecular weight is 656 g/mol. The number of nitrogens with zero attached hydrogens (tertiary/aromatic N) is 5. The fourth-order valence-corrected chi connectivity index (χ4v) is 6.70. The zero-order chi connectivity index (χ0) is 31.5. The Bertz CT molecular complexity index is 1650. The number of esters is 1. The SMILES string of the molecule is Cc1cn([C@H]2C[C@@H](OC(=O)c3cccnc3C(C)N=[N+]=[N-])[C@@H](COP(=O)(O)OP(=O)(O)OP(=O)(O)O)O2)c(=O)[nH]c1=O. The number of phosphoric acid groups is 3. The number of pyridine rings is 1. The molecule has 1 fully saturated rings. The summed E-state index contributed by atoms with van der Waals surface area (Å²) in [6.45, 7) is 1.84. The highest BCUT2D eigenvalue weighted by atomic mass is 31.3. The van der Waals surface area contributed by atoms with Crippen LogP contribution in [0.15, 0.2) is 39.2 Å². The molecule has 0 saturated carbocycles. The topological polar surface area (TPSA) is 312 Å². The van der Waals surface area contributed by atoms with Crippen molar-refractivity contribution in [3.63, 3.8) is 0 Å². The number of phosphoric ester groups is 1. The molecule has 0 radical (unpaired) electrons. The predicted octanol–water partition coefficient (Wildman–Crippen LogP) is 1.47. The van der Waals surface area contributed by atoms with E-state index in [2.05, 4.69) is 33.1 Å². The summed E-state index contributed by atoms with van der Waals surface area (Å²) in [5.41, 5.74) is 7.18. The van der Waals surface area contributed by atoms with Gasteiger partial charge in [0, 0.05) is 29.3 Å². The molecule has 2 aromatic heterocycles. The number of aromatic nitrogens is 3. The van der Waals surface area contributed by atoms with Crippen LogP contribution in [-0.4, -0.2) is 58.9 Å². The number of carbonyl (C=O) groups is 1. The van der Waals surface area contributed by atoms with Gasteiger partial charge in [-0.2, -0.15) is 8.62 Å². The molecular formula is C18H23N6O15P3. The van der Waals surface area contributed by atoms with Crippen molar-refractivity contribution in [3.8, 4) is 0 Å². The number of nitrogens with one attached hydrogen (secondary N) is 1. The summed E-state index contributed by atoms with van der Waals surface area (Å²) in [5, 5.41) is 3.49. The lowest BCUT2D eigenvalue weighted by atomic mass is 10.1. The van der Waals surface area contributed by atoms with Gasteiger partial charge in [0.05, 0.1) is 23.9 Å². The second-order valence-electron chi connectivity index (χ2n) is 8.49. The highest BCUT2D eigenvalue weighted by molar-refractivity contribution is 7.66. The fraction of sp³-hybridized carbons (Fsp3) is 0.444. The smallest absolute Gasteiger partial charge is 0.456 e. The fourth-order valence-electron chi connectivity index (χ4n) is 3.67. The third-order valence-electron chi connectivity index (χ3n) is 5.39. The van der Waals surface area contributed by atoms with Gasteiger partial charge in [0.1, 0.15) is 18.4 Å². The molecule has 6 atom stereocenters. The maximum absolute atomic E-state index is 13.1. The van der Waals surface area contributed by atoms with Gasteiger partial charge in [0.2, 0.25) is 0 Å². The van der Waals surface area contributed by atoms with E-state index in [9.17, 15) is 37.9 Å². The Kier molecular flexibility index (Phi) is 10.4. The summed E-state index contributed by atoms with van der Waals surface area (Å²) in [5.74, 6) is -1.01. The van der Waals surface area contributed by atoms with Gasteiger partial charge in [-0.15, -0.1) is 0 Å². The van der Waals surface area contributed by atoms with E-state index in [4.69, 9.17) is 24.8 Å². The van der Waals surface area contributed by atoms with E-state index < -0.39 is 71.8 Å². The van der Waals surface area contributed by atoms with Crippen LogP contribution in [-0.2, 0) is 36.3 Å². The zero-order valence-electron chi connectivity index (χ0n) is 21.4. The number of rotatable bonds is 12. The maximum atomic E-state index is 13.1. The number of H-pyrrole nitrogens is 1. The van der Waals surface area contributed by atoms with Crippen molar-refractivity contribution in [1.82, 2.24) is 14.5 Å². The van der Waals surface area contributed by atoms with Crippen LogP contribution in [0, 0.1) is 6.92 Å². The summed E-state index contributed by atoms with van der Waals surface area (Å²) in [7, 11) is -17.0. The van der Waals surface area contributed by atoms with Gasteiger partial charge in [0.25, 0.3) is 5.56 Å². The Morgan fingerprint density at radius 3 is 2.60 bits per heavy atom. The number of hydrogen-bond acceptors (Lipinski definition) is 13. The molecule has 3 heterocycles. The van der Waals surface area contributed by atoms with Gasteiger partial charge in [-0.25, -0.2) is 23.3 Å². The summed E-state index contributed by atoms with van der Waals surface area (Å²) in [6.07, 6.45) is -1.87. The first-order valence-corrected chi connectivity index (χ1v) is 15.9. The number of aromatic amines is 1. The van der Waals surface area contributed by atoms with E-state index in [-0.39, 0.29) is 23.2 Å². The molecule has 3 rings (SSSR count). The minimum Gasteiger partial charge on any atom is -0.456 e. The number of hydrogen-bond donors (Lipinski definition) is 5. The van der Waals surface area contributed by atoms with Gasteiger partial charge in [-0.3, -0.25) is 23.9 Å². The van der Waals surface area contributed by atoms with Crippen LogP contribution in [0.5, 0.6) is 0 Å². The third-order valence-corrected chi connectivity index (χ3v) is 9.19. The molecule has 0 aromatic carbocycles. The van der Waals surface area contributed by atoms with Gasteiger partial charge in [-0.05, 0) is 24.6 Å². The molecule has 42 heavy (non-hydrogen) atoms. The van der Waals surface area contributed by atoms with Crippen LogP contribution in [0.4, 0.5) is 0 Å². The molecule has 0 aliphatic carbocycles. The normalized spacial score (nSPS) is 22.4. The molecule has 0 bridgehead atoms. The number of azide groups is 1. The van der Waals surface area contributed by atoms with Crippen molar-refractivity contribution < 1.29 is 60.7 Å². The van der Waals surface area contributed by atoms with Crippen LogP contribution < -0.4 is 11.2 Å². The van der Waals surface area contributed by atoms with Crippen molar-refractivity contribution in [2.24, 2.45) is 5.11 Å². The van der Waals surface area contributed by atoms with Crippen molar-refractivity contribution in [1.29, 1.82) is 0 Å². The van der Waals surface area contributed by atoms with Crippen molar-refractivity contribution in [2.75, 3.05) is 6.61 Å². The van der Waals surface area contributed by atoms with E-state index in [1.165, 1.54) is 32.2 Å². The Morgan fingerprint density at radius 2 is 1.95 bits per heavy atom. The standard InChI is InChI=1S/C18H23N6O15P3/c1-9-7-24(18(27)21-16(9)25)14-6-12(37-17(26)11-4-3-5-20-15(11)10(2)22-23-19)13(36-14)8-35-41(31,32)39-42(33,34)38-40(28,29)30/h3-5,7,10,12-14H,6,8H2,1-2H3,(H,31,32)(H,33,34)(H,21,25,27)(H2,28,29,30)/t10?,12-,13-,14-/m1/s1. The Morgan fingerprint density at radius 1 is 1.26 bits per heavy atom. The number of carbonyl (C=O) groups excluding carboxylic acids is 1. The monoisotopic (exact) mass is 656 g/mol. The van der Waals surface area contributed by atoms with E-state index in [0.717, 1.165) is 10.8 Å². The first kappa shape index (κ1) is 33.5. The summed E-state index contributed by atoms with van der Waals surface area (Å²) < 4.78 is 58.8. The second kappa shape index (κ2) is 13.1. The quantitative estimate of drug-likeness (QED) is 0.0710. The lowest BCUT2D eigenvalue weighted by molar-refractivity contribution is -0.0512. The van der Waals surface area contributed by atoms with Crippen molar-refractivity contribution in [3.05, 3.63) is 72.6 Å². The first-order chi connectivity index (χ1) is 19.4. The highest BCUT2D eigenvalue weighted by Crippen LogP contribution is 2.66. The van der Waals surface area contributed by atoms with Gasteiger partial charge >= 0.3 is 35.1 Å². The molecule has 230 valence electrons.